The van der Waals surface area contributed by atoms with Crippen molar-refractivity contribution in [2.75, 3.05) is 10.2 Å². The monoisotopic (exact) mass is 412 g/mol. The Kier molecular flexibility index (Phi) is 3.83. The van der Waals surface area contributed by atoms with Gasteiger partial charge >= 0.3 is 0 Å². The second-order valence-electron chi connectivity index (χ2n) is 9.49. The minimum Gasteiger partial charge on any atom is -0.322 e. The van der Waals surface area contributed by atoms with Crippen molar-refractivity contribution in [1.29, 1.82) is 0 Å². The molecule has 2 saturated carbocycles. The zero-order valence-corrected chi connectivity index (χ0v) is 17.5. The summed E-state index contributed by atoms with van der Waals surface area (Å²) in [5.41, 5.74) is 3.72. The zero-order valence-electron chi connectivity index (χ0n) is 17.5. The molecule has 5 nitrogen and oxygen atoms in total. The lowest BCUT2D eigenvalue weighted by Crippen LogP contribution is -2.40. The van der Waals surface area contributed by atoms with Crippen molar-refractivity contribution in [1.82, 2.24) is 0 Å². The molecule has 6 atom stereocenters. The minimum atomic E-state index is -0.255. The van der Waals surface area contributed by atoms with Gasteiger partial charge in [0.15, 0.2) is 0 Å². The fraction of sp³-hybridized carbons (Fsp3) is 0.346. The predicted octanol–water partition coefficient (Wildman–Crippen LogP) is 4.11. The average molecular weight is 412 g/mol. The molecular weight excluding hydrogens is 388 g/mol. The highest BCUT2D eigenvalue weighted by Gasteiger charge is 2.67. The van der Waals surface area contributed by atoms with E-state index in [1.807, 2.05) is 32.0 Å². The second-order valence-corrected chi connectivity index (χ2v) is 9.49. The third kappa shape index (κ3) is 2.65. The van der Waals surface area contributed by atoms with Gasteiger partial charge in [-0.2, -0.15) is 0 Å². The molecule has 31 heavy (non-hydrogen) atoms. The van der Waals surface area contributed by atoms with E-state index in [-0.39, 0.29) is 41.4 Å². The maximum absolute atomic E-state index is 13.3. The fourth-order valence-electron chi connectivity index (χ4n) is 6.06. The number of imide groups is 1. The van der Waals surface area contributed by atoms with Crippen molar-refractivity contribution in [3.63, 3.8) is 0 Å². The van der Waals surface area contributed by atoms with Crippen LogP contribution >= 0.6 is 0 Å². The summed E-state index contributed by atoms with van der Waals surface area (Å²) in [5, 5.41) is 2.96. The number of anilines is 2. The molecule has 3 amide bonds. The lowest BCUT2D eigenvalue weighted by Gasteiger charge is -2.37. The standard InChI is InChI=1S/C26H24N2O3/c1-13-6-7-14(2)21(10-13)27-24(29)15-4-3-5-16(11-15)28-25(30)22-17-8-9-18(20-12-19(17)20)23(22)26(28)31/h3-11,17-20,22-23H,12H2,1-2H3,(H,27,29)/t17-,18+,19-,20-,22+,23-/m1/s1. The fourth-order valence-corrected chi connectivity index (χ4v) is 6.06. The van der Waals surface area contributed by atoms with Crippen molar-refractivity contribution in [2.45, 2.75) is 20.3 Å². The van der Waals surface area contributed by atoms with Gasteiger partial charge in [0.1, 0.15) is 0 Å². The van der Waals surface area contributed by atoms with Gasteiger partial charge in [-0.15, -0.1) is 0 Å². The van der Waals surface area contributed by atoms with E-state index in [1.54, 1.807) is 24.3 Å². The first-order chi connectivity index (χ1) is 14.9. The Balaban J connectivity index is 1.29. The average Bonchev–Trinajstić information content (AvgIpc) is 3.54. The molecule has 3 fully saturated rings. The second kappa shape index (κ2) is 6.39. The molecule has 1 aliphatic heterocycles. The molecule has 2 aromatic carbocycles. The molecule has 0 unspecified atom stereocenters. The first kappa shape index (κ1) is 18.6. The lowest BCUT2D eigenvalue weighted by atomic mass is 9.63. The van der Waals surface area contributed by atoms with Gasteiger partial charge in [0, 0.05) is 11.3 Å². The molecule has 0 aromatic heterocycles. The highest BCUT2D eigenvalue weighted by atomic mass is 16.2. The van der Waals surface area contributed by atoms with Crippen LogP contribution < -0.4 is 10.2 Å². The minimum absolute atomic E-state index is 0.105. The topological polar surface area (TPSA) is 66.5 Å². The SMILES string of the molecule is Cc1ccc(C)c(NC(=O)c2cccc(N3C(=O)[C@@H]4[C@H]5C=C[C@H]([C@H]6C[C@H]56)[C@@H]4C3=O)c2)c1. The number of carbonyl (C=O) groups excluding carboxylic acids is 3. The number of nitrogens with one attached hydrogen (secondary N) is 1. The van der Waals surface area contributed by atoms with E-state index < -0.39 is 0 Å². The quantitative estimate of drug-likeness (QED) is 0.609. The van der Waals surface area contributed by atoms with Crippen LogP contribution in [0.5, 0.6) is 0 Å². The number of carbonyl (C=O) groups is 3. The van der Waals surface area contributed by atoms with Gasteiger partial charge < -0.3 is 5.32 Å². The molecule has 156 valence electrons. The Hall–Kier alpha value is -3.21. The molecule has 4 aliphatic carbocycles. The summed E-state index contributed by atoms with van der Waals surface area (Å²) >= 11 is 0. The number of hydrogen-bond acceptors (Lipinski definition) is 3. The van der Waals surface area contributed by atoms with Crippen molar-refractivity contribution >= 4 is 29.1 Å². The molecule has 1 N–H and O–H groups in total. The van der Waals surface area contributed by atoms with E-state index >= 15 is 0 Å². The Bertz CT molecular complexity index is 1150. The highest BCUT2D eigenvalue weighted by Crippen LogP contribution is 2.65. The zero-order chi connectivity index (χ0) is 21.4. The van der Waals surface area contributed by atoms with E-state index in [0.717, 1.165) is 23.2 Å². The molecule has 2 bridgehead atoms. The molecule has 0 spiro atoms. The Morgan fingerprint density at radius 1 is 0.935 bits per heavy atom. The lowest BCUT2D eigenvalue weighted by molar-refractivity contribution is -0.124. The molecule has 1 saturated heterocycles. The van der Waals surface area contributed by atoms with Crippen molar-refractivity contribution < 1.29 is 14.4 Å². The largest absolute Gasteiger partial charge is 0.322 e. The number of hydrogen-bond donors (Lipinski definition) is 1. The van der Waals surface area contributed by atoms with Crippen LogP contribution in [0.3, 0.4) is 0 Å². The number of aryl methyl sites for hydroxylation is 2. The Morgan fingerprint density at radius 3 is 2.29 bits per heavy atom. The first-order valence-corrected chi connectivity index (χ1v) is 11.0. The number of rotatable bonds is 3. The maximum Gasteiger partial charge on any atom is 0.255 e. The molecule has 1 heterocycles. The Labute approximate surface area is 181 Å². The summed E-state index contributed by atoms with van der Waals surface area (Å²) < 4.78 is 0. The van der Waals surface area contributed by atoms with Gasteiger partial charge in [0.05, 0.1) is 17.5 Å². The van der Waals surface area contributed by atoms with Crippen LogP contribution in [-0.4, -0.2) is 17.7 Å². The van der Waals surface area contributed by atoms with Crippen LogP contribution in [-0.2, 0) is 9.59 Å². The van der Waals surface area contributed by atoms with Crippen LogP contribution in [0, 0.1) is 49.4 Å². The molecule has 0 radical (unpaired) electrons. The number of benzene rings is 2. The molecule has 5 aliphatic rings. The highest BCUT2D eigenvalue weighted by molar-refractivity contribution is 6.23. The smallest absolute Gasteiger partial charge is 0.255 e. The summed E-state index contributed by atoms with van der Waals surface area (Å²) in [7, 11) is 0. The summed E-state index contributed by atoms with van der Waals surface area (Å²) in [6, 6.07) is 12.8. The summed E-state index contributed by atoms with van der Waals surface area (Å²) in [6.07, 6.45) is 5.48. The molecule has 2 aromatic rings. The van der Waals surface area contributed by atoms with Crippen molar-refractivity contribution in [3.8, 4) is 0 Å². The number of nitrogens with zero attached hydrogens (tertiary/aromatic N) is 1. The van der Waals surface area contributed by atoms with Crippen molar-refractivity contribution in [3.05, 3.63) is 71.3 Å². The Morgan fingerprint density at radius 2 is 1.61 bits per heavy atom. The van der Waals surface area contributed by atoms with E-state index in [1.165, 1.54) is 4.90 Å². The van der Waals surface area contributed by atoms with E-state index in [4.69, 9.17) is 0 Å². The van der Waals surface area contributed by atoms with Crippen molar-refractivity contribution in [2.24, 2.45) is 35.5 Å². The van der Waals surface area contributed by atoms with Crippen LogP contribution in [0.4, 0.5) is 11.4 Å². The van der Waals surface area contributed by atoms with Crippen LogP contribution in [0.2, 0.25) is 0 Å². The predicted molar refractivity (Wildman–Crippen MR) is 118 cm³/mol. The maximum atomic E-state index is 13.3. The molecule has 5 heteroatoms. The summed E-state index contributed by atoms with van der Waals surface area (Å²) in [6.45, 7) is 3.92. The third-order valence-electron chi connectivity index (χ3n) is 7.67. The normalized spacial score (nSPS) is 32.1. The molecule has 7 rings (SSSR count). The van der Waals surface area contributed by atoms with Gasteiger partial charge in [-0.1, -0.05) is 30.4 Å². The first-order valence-electron chi connectivity index (χ1n) is 11.0. The van der Waals surface area contributed by atoms with E-state index in [9.17, 15) is 14.4 Å². The van der Waals surface area contributed by atoms with Gasteiger partial charge in [-0.05, 0) is 79.3 Å². The van der Waals surface area contributed by atoms with Gasteiger partial charge in [-0.25, -0.2) is 4.90 Å². The van der Waals surface area contributed by atoms with E-state index in [2.05, 4.69) is 17.5 Å². The van der Waals surface area contributed by atoms with Crippen LogP contribution in [0.15, 0.2) is 54.6 Å². The van der Waals surface area contributed by atoms with Crippen LogP contribution in [0.25, 0.3) is 0 Å². The third-order valence-corrected chi connectivity index (χ3v) is 7.67. The number of amides is 3. The summed E-state index contributed by atoms with van der Waals surface area (Å²) in [4.78, 5) is 40.9. The summed E-state index contributed by atoms with van der Waals surface area (Å²) in [5.74, 6) is 0.589. The van der Waals surface area contributed by atoms with Gasteiger partial charge in [0.2, 0.25) is 11.8 Å². The number of allylic oxidation sites excluding steroid dienone is 2. The van der Waals surface area contributed by atoms with Crippen LogP contribution in [0.1, 0.15) is 27.9 Å². The van der Waals surface area contributed by atoms with Gasteiger partial charge in [-0.3, -0.25) is 14.4 Å². The van der Waals surface area contributed by atoms with Gasteiger partial charge in [0.25, 0.3) is 5.91 Å². The van der Waals surface area contributed by atoms with E-state index in [0.29, 0.717) is 23.1 Å². The molecular formula is C26H24N2O3.